The Balaban J connectivity index is 1.31. The molecule has 45 heavy (non-hydrogen) atoms. The number of ether oxygens (including phenoxy) is 1. The number of esters is 1. The lowest BCUT2D eigenvalue weighted by Crippen LogP contribution is -2.53. The van der Waals surface area contributed by atoms with Gasteiger partial charge in [0.05, 0.1) is 17.7 Å². The summed E-state index contributed by atoms with van der Waals surface area (Å²) in [5.74, 6) is -1.09. The zero-order valence-corrected chi connectivity index (χ0v) is 25.8. The van der Waals surface area contributed by atoms with Crippen LogP contribution in [0, 0.1) is 24.6 Å². The molecule has 0 saturated carbocycles. The maximum absolute atomic E-state index is 14.8. The summed E-state index contributed by atoms with van der Waals surface area (Å²) in [5, 5.41) is 15.3. The minimum absolute atomic E-state index is 0.00824. The fraction of sp³-hybridized carbons (Fsp3) is 0.364. The minimum Gasteiger partial charge on any atom is -0.478 e. The highest BCUT2D eigenvalue weighted by Gasteiger charge is 2.40. The Hall–Kier alpha value is -4.42. The van der Waals surface area contributed by atoms with E-state index in [1.54, 1.807) is 49.2 Å². The number of nitrogens with one attached hydrogen (secondary N) is 1. The van der Waals surface area contributed by atoms with Crippen molar-refractivity contribution < 1.29 is 28.6 Å². The lowest BCUT2D eigenvalue weighted by molar-refractivity contribution is -0.139. The molecule has 3 aliphatic heterocycles. The highest BCUT2D eigenvalue weighted by molar-refractivity contribution is 7.11. The summed E-state index contributed by atoms with van der Waals surface area (Å²) in [7, 11) is 0. The van der Waals surface area contributed by atoms with Crippen LogP contribution in [0.5, 0.6) is 0 Å². The van der Waals surface area contributed by atoms with Gasteiger partial charge in [-0.2, -0.15) is 0 Å². The first kappa shape index (κ1) is 30.6. The number of benzene rings is 2. The molecule has 4 heterocycles. The first-order chi connectivity index (χ1) is 21.7. The summed E-state index contributed by atoms with van der Waals surface area (Å²) >= 11 is 1.41. The van der Waals surface area contributed by atoms with Crippen LogP contribution >= 0.6 is 11.3 Å². The van der Waals surface area contributed by atoms with Crippen molar-refractivity contribution in [3.63, 3.8) is 0 Å². The highest BCUT2D eigenvalue weighted by atomic mass is 32.1. The first-order valence-electron chi connectivity index (χ1n) is 15.0. The molecule has 0 aliphatic carbocycles. The van der Waals surface area contributed by atoms with E-state index in [1.807, 2.05) is 5.38 Å². The zero-order chi connectivity index (χ0) is 31.7. The monoisotopic (exact) mass is 631 g/mol. The molecule has 2 fully saturated rings. The van der Waals surface area contributed by atoms with Crippen LogP contribution in [0.1, 0.15) is 52.3 Å². The number of amidine groups is 1. The number of carboxylic acid groups (broad SMARTS) is 1. The van der Waals surface area contributed by atoms with Crippen molar-refractivity contribution >= 4 is 40.7 Å². The second kappa shape index (κ2) is 12.9. The van der Waals surface area contributed by atoms with Crippen molar-refractivity contribution in [1.29, 1.82) is 0 Å². The summed E-state index contributed by atoms with van der Waals surface area (Å²) in [6.07, 6.45) is 2.89. The largest absolute Gasteiger partial charge is 0.478 e. The number of carboxylic acids is 1. The van der Waals surface area contributed by atoms with Crippen molar-refractivity contribution in [2.75, 3.05) is 37.7 Å². The maximum Gasteiger partial charge on any atom is 0.338 e. The number of aliphatic imine (C=N–C) groups is 1. The van der Waals surface area contributed by atoms with Gasteiger partial charge >= 0.3 is 11.9 Å². The summed E-state index contributed by atoms with van der Waals surface area (Å²) < 4.78 is 20.3. The van der Waals surface area contributed by atoms with Crippen LogP contribution in [0.4, 0.5) is 10.1 Å². The smallest absolute Gasteiger partial charge is 0.338 e. The quantitative estimate of drug-likeness (QED) is 0.347. The van der Waals surface area contributed by atoms with Crippen LogP contribution in [-0.2, 0) is 14.3 Å². The Morgan fingerprint density at radius 2 is 2.00 bits per heavy atom. The standard InChI is InChI=1S/C33H34FN5O5S/c1-3-44-33(43)28-26(36-30(31-35-11-13-45-31)37-29(28)24-8-5-9-25(34)19(24)2)18-38-12-10-20-15-27(40)39(17-22(20)16-38)23-7-4-6-21(14-23)32(41)42/h4-9,11,13-14,20,22,29H,3,10,12,15-18H2,1-2H3,(H,36,37)(H,41,42)/t20-,22+,29-/m0/s1. The number of nitrogens with zero attached hydrogens (tertiary/aromatic N) is 4. The van der Waals surface area contributed by atoms with E-state index in [-0.39, 0.29) is 35.7 Å². The number of aromatic carboxylic acids is 1. The number of amides is 1. The molecule has 2 aromatic carbocycles. The van der Waals surface area contributed by atoms with Gasteiger partial charge in [0.15, 0.2) is 10.8 Å². The molecule has 0 unspecified atom stereocenters. The van der Waals surface area contributed by atoms with Crippen molar-refractivity contribution in [2.45, 2.75) is 32.7 Å². The van der Waals surface area contributed by atoms with Crippen molar-refractivity contribution in [3.8, 4) is 0 Å². The van der Waals surface area contributed by atoms with Gasteiger partial charge in [0.2, 0.25) is 5.91 Å². The normalized spacial score (nSPS) is 22.0. The second-order valence-electron chi connectivity index (χ2n) is 11.5. The summed E-state index contributed by atoms with van der Waals surface area (Å²) in [6, 6.07) is 10.5. The molecule has 3 aromatic rings. The predicted octanol–water partition coefficient (Wildman–Crippen LogP) is 4.57. The van der Waals surface area contributed by atoms with Gasteiger partial charge < -0.3 is 20.1 Å². The number of anilines is 1. The number of hydrogen-bond donors (Lipinski definition) is 2. The van der Waals surface area contributed by atoms with Crippen LogP contribution in [0.2, 0.25) is 0 Å². The number of carbonyl (C=O) groups is 3. The van der Waals surface area contributed by atoms with E-state index in [0.717, 1.165) is 13.0 Å². The Bertz CT molecular complexity index is 1690. The van der Waals surface area contributed by atoms with Crippen molar-refractivity contribution in [1.82, 2.24) is 15.2 Å². The molecule has 10 nitrogen and oxygen atoms in total. The number of halogens is 1. The Morgan fingerprint density at radius 3 is 2.76 bits per heavy atom. The van der Waals surface area contributed by atoms with Crippen molar-refractivity contribution in [2.24, 2.45) is 16.8 Å². The van der Waals surface area contributed by atoms with E-state index in [4.69, 9.17) is 9.73 Å². The molecular formula is C33H34FN5O5S. The minimum atomic E-state index is -1.04. The SMILES string of the molecule is CCOC(=O)C1=C(CN2CC[C@H]3CC(=O)N(c4cccc(C(=O)O)c4)C[C@H]3C2)NC(c2nccs2)=N[C@H]1c1cccc(F)c1C. The summed E-state index contributed by atoms with van der Waals surface area (Å²) in [5.41, 5.74) is 2.66. The average Bonchev–Trinajstić information content (AvgIpc) is 3.57. The lowest BCUT2D eigenvalue weighted by Gasteiger charge is -2.45. The van der Waals surface area contributed by atoms with Gasteiger partial charge in [0.25, 0.3) is 0 Å². The fourth-order valence-electron chi connectivity index (χ4n) is 6.49. The van der Waals surface area contributed by atoms with Gasteiger partial charge in [-0.15, -0.1) is 11.3 Å². The lowest BCUT2D eigenvalue weighted by atomic mass is 9.79. The molecule has 0 bridgehead atoms. The third-order valence-corrected chi connectivity index (χ3v) is 9.56. The number of piperidine rings is 2. The molecule has 12 heteroatoms. The Morgan fingerprint density at radius 1 is 1.18 bits per heavy atom. The molecule has 6 rings (SSSR count). The van der Waals surface area contributed by atoms with Crippen LogP contribution in [0.25, 0.3) is 0 Å². The third-order valence-electron chi connectivity index (χ3n) is 8.78. The third kappa shape index (κ3) is 6.25. The number of fused-ring (bicyclic) bond motifs is 1. The average molecular weight is 632 g/mol. The number of aromatic nitrogens is 1. The number of thiazole rings is 1. The molecule has 0 radical (unpaired) electrons. The van der Waals surface area contributed by atoms with Gasteiger partial charge in [-0.3, -0.25) is 14.7 Å². The summed E-state index contributed by atoms with van der Waals surface area (Å²) in [4.78, 5) is 51.5. The van der Waals surface area contributed by atoms with Crippen molar-refractivity contribution in [3.05, 3.63) is 92.8 Å². The first-order valence-corrected chi connectivity index (χ1v) is 15.9. The van der Waals surface area contributed by atoms with Gasteiger partial charge in [-0.1, -0.05) is 18.2 Å². The number of likely N-dealkylation sites (tertiary alicyclic amines) is 1. The summed E-state index contributed by atoms with van der Waals surface area (Å²) in [6.45, 7) is 5.84. The number of hydrogen-bond acceptors (Lipinski definition) is 9. The Labute approximate surface area is 264 Å². The van der Waals surface area contributed by atoms with Crippen LogP contribution in [0.15, 0.2) is 70.3 Å². The molecule has 0 spiro atoms. The van der Waals surface area contributed by atoms with Crippen LogP contribution in [-0.4, -0.2) is 71.5 Å². The molecule has 3 atom stereocenters. The number of rotatable bonds is 8. The molecule has 2 saturated heterocycles. The number of carbonyl (C=O) groups excluding carboxylic acids is 2. The van der Waals surface area contributed by atoms with E-state index >= 15 is 0 Å². The second-order valence-corrected chi connectivity index (χ2v) is 12.4. The molecule has 234 valence electrons. The van der Waals surface area contributed by atoms with E-state index in [9.17, 15) is 23.9 Å². The van der Waals surface area contributed by atoms with Crippen LogP contribution in [0.3, 0.4) is 0 Å². The Kier molecular flexibility index (Phi) is 8.77. The molecular weight excluding hydrogens is 597 g/mol. The fourth-order valence-corrected chi connectivity index (χ4v) is 7.08. The van der Waals surface area contributed by atoms with E-state index in [1.165, 1.54) is 29.5 Å². The van der Waals surface area contributed by atoms with E-state index < -0.39 is 18.0 Å². The van der Waals surface area contributed by atoms with E-state index in [0.29, 0.717) is 65.0 Å². The van der Waals surface area contributed by atoms with Gasteiger partial charge in [0, 0.05) is 49.0 Å². The molecule has 2 N–H and O–H groups in total. The van der Waals surface area contributed by atoms with Gasteiger partial charge in [-0.05, 0) is 74.0 Å². The van der Waals surface area contributed by atoms with Crippen LogP contribution < -0.4 is 10.2 Å². The van der Waals surface area contributed by atoms with Gasteiger partial charge in [-0.25, -0.2) is 19.0 Å². The zero-order valence-electron chi connectivity index (χ0n) is 25.0. The van der Waals surface area contributed by atoms with Gasteiger partial charge in [0.1, 0.15) is 11.9 Å². The maximum atomic E-state index is 14.8. The van der Waals surface area contributed by atoms with E-state index in [2.05, 4.69) is 15.2 Å². The molecule has 1 amide bonds. The predicted molar refractivity (Wildman–Crippen MR) is 168 cm³/mol. The highest BCUT2D eigenvalue weighted by Crippen LogP contribution is 2.38. The molecule has 3 aliphatic rings. The topological polar surface area (TPSA) is 124 Å². The molecule has 1 aromatic heterocycles.